The number of carbonyl (C=O) groups excluding carboxylic acids is 1. The standard InChI is InChI=1S/C14H24O/c1-10-7-6-8-14(4,5)13(10)11(2)9-12(3)15/h7,11,13H,6,8-9H2,1-5H3/t11-,13-/m1/s1. The summed E-state index contributed by atoms with van der Waals surface area (Å²) in [6.45, 7) is 10.8. The van der Waals surface area contributed by atoms with Gasteiger partial charge in [0.2, 0.25) is 0 Å². The zero-order valence-electron chi connectivity index (χ0n) is 10.8. The SMILES string of the molecule is CC(=O)C[C@@H](C)[C@H]1C(C)=CCCC1(C)C. The minimum atomic E-state index is 0.316. The quantitative estimate of drug-likeness (QED) is 0.641. The second-order valence-electron chi connectivity index (χ2n) is 5.84. The monoisotopic (exact) mass is 208 g/mol. The second kappa shape index (κ2) is 4.51. The molecule has 0 spiro atoms. The molecule has 0 amide bonds. The van der Waals surface area contributed by atoms with E-state index in [2.05, 4.69) is 33.8 Å². The Labute approximate surface area is 93.9 Å². The molecule has 2 atom stereocenters. The Morgan fingerprint density at radius 1 is 1.60 bits per heavy atom. The van der Waals surface area contributed by atoms with Crippen molar-refractivity contribution in [2.45, 2.75) is 53.9 Å². The fourth-order valence-electron chi connectivity index (χ4n) is 3.36. The minimum Gasteiger partial charge on any atom is -0.300 e. The van der Waals surface area contributed by atoms with Crippen LogP contribution in [0.3, 0.4) is 0 Å². The molecule has 0 saturated carbocycles. The Morgan fingerprint density at radius 3 is 2.67 bits per heavy atom. The largest absolute Gasteiger partial charge is 0.300 e. The van der Waals surface area contributed by atoms with Crippen LogP contribution in [-0.2, 0) is 4.79 Å². The molecule has 15 heavy (non-hydrogen) atoms. The third-order valence-electron chi connectivity index (χ3n) is 3.77. The van der Waals surface area contributed by atoms with E-state index in [0.29, 0.717) is 23.0 Å². The lowest BCUT2D eigenvalue weighted by molar-refractivity contribution is -0.118. The Hall–Kier alpha value is -0.590. The molecule has 1 nitrogen and oxygen atoms in total. The lowest BCUT2D eigenvalue weighted by Gasteiger charge is -2.42. The van der Waals surface area contributed by atoms with Crippen molar-refractivity contribution in [3.05, 3.63) is 11.6 Å². The predicted octanol–water partition coefficient (Wildman–Crippen LogP) is 3.98. The predicted molar refractivity (Wildman–Crippen MR) is 64.7 cm³/mol. The van der Waals surface area contributed by atoms with E-state index in [9.17, 15) is 4.79 Å². The molecule has 0 aromatic carbocycles. The van der Waals surface area contributed by atoms with Crippen molar-refractivity contribution in [2.24, 2.45) is 17.3 Å². The van der Waals surface area contributed by atoms with Crippen molar-refractivity contribution in [3.8, 4) is 0 Å². The van der Waals surface area contributed by atoms with E-state index in [4.69, 9.17) is 0 Å². The molecule has 0 bridgehead atoms. The summed E-state index contributed by atoms with van der Waals surface area (Å²) in [5.41, 5.74) is 1.84. The Bertz CT molecular complexity index is 273. The van der Waals surface area contributed by atoms with Gasteiger partial charge in [0.15, 0.2) is 0 Å². The maximum absolute atomic E-state index is 11.2. The molecule has 0 heterocycles. The van der Waals surface area contributed by atoms with Gasteiger partial charge in [-0.1, -0.05) is 32.4 Å². The normalized spacial score (nSPS) is 27.0. The zero-order chi connectivity index (χ0) is 11.6. The Morgan fingerprint density at radius 2 is 2.20 bits per heavy atom. The molecule has 0 unspecified atom stereocenters. The summed E-state index contributed by atoms with van der Waals surface area (Å²) < 4.78 is 0. The maximum Gasteiger partial charge on any atom is 0.130 e. The van der Waals surface area contributed by atoms with E-state index < -0.39 is 0 Å². The number of rotatable bonds is 3. The molecule has 0 saturated heterocycles. The topological polar surface area (TPSA) is 17.1 Å². The van der Waals surface area contributed by atoms with Gasteiger partial charge in [0.25, 0.3) is 0 Å². The molecular formula is C14H24O. The minimum absolute atomic E-state index is 0.316. The number of hydrogen-bond acceptors (Lipinski definition) is 1. The molecule has 1 aliphatic rings. The third kappa shape index (κ3) is 2.93. The van der Waals surface area contributed by atoms with Crippen molar-refractivity contribution < 1.29 is 4.79 Å². The van der Waals surface area contributed by atoms with Crippen molar-refractivity contribution in [2.75, 3.05) is 0 Å². The van der Waals surface area contributed by atoms with Crippen LogP contribution in [0.1, 0.15) is 53.9 Å². The van der Waals surface area contributed by atoms with Crippen LogP contribution in [0.25, 0.3) is 0 Å². The highest BCUT2D eigenvalue weighted by atomic mass is 16.1. The molecule has 0 fully saturated rings. The average molecular weight is 208 g/mol. The van der Waals surface area contributed by atoms with E-state index in [1.807, 2.05) is 0 Å². The van der Waals surface area contributed by atoms with Crippen molar-refractivity contribution in [3.63, 3.8) is 0 Å². The third-order valence-corrected chi connectivity index (χ3v) is 3.77. The van der Waals surface area contributed by atoms with Gasteiger partial charge >= 0.3 is 0 Å². The van der Waals surface area contributed by atoms with E-state index in [0.717, 1.165) is 6.42 Å². The van der Waals surface area contributed by atoms with Crippen molar-refractivity contribution in [1.29, 1.82) is 0 Å². The van der Waals surface area contributed by atoms with Crippen LogP contribution < -0.4 is 0 Å². The molecule has 0 radical (unpaired) electrons. The van der Waals surface area contributed by atoms with Crippen LogP contribution in [0.5, 0.6) is 0 Å². The smallest absolute Gasteiger partial charge is 0.130 e. The lowest BCUT2D eigenvalue weighted by atomic mass is 9.63. The Kier molecular flexibility index (Phi) is 3.75. The first-order valence-corrected chi connectivity index (χ1v) is 6.00. The number of Topliss-reactive ketones (excluding diaryl/α,β-unsaturated/α-hetero) is 1. The number of hydrogen-bond donors (Lipinski definition) is 0. The average Bonchev–Trinajstić information content (AvgIpc) is 1.99. The second-order valence-corrected chi connectivity index (χ2v) is 5.84. The van der Waals surface area contributed by atoms with Crippen LogP contribution >= 0.6 is 0 Å². The van der Waals surface area contributed by atoms with Crippen LogP contribution in [0.4, 0.5) is 0 Å². The summed E-state index contributed by atoms with van der Waals surface area (Å²) >= 11 is 0. The van der Waals surface area contributed by atoms with Gasteiger partial charge in [-0.25, -0.2) is 0 Å². The van der Waals surface area contributed by atoms with Gasteiger partial charge in [-0.15, -0.1) is 0 Å². The lowest BCUT2D eigenvalue weighted by Crippen LogP contribution is -2.33. The molecule has 0 N–H and O–H groups in total. The summed E-state index contributed by atoms with van der Waals surface area (Å²) in [6.07, 6.45) is 5.52. The van der Waals surface area contributed by atoms with Gasteiger partial charge in [-0.2, -0.15) is 0 Å². The van der Waals surface area contributed by atoms with Gasteiger partial charge in [0.1, 0.15) is 5.78 Å². The van der Waals surface area contributed by atoms with Crippen molar-refractivity contribution >= 4 is 5.78 Å². The van der Waals surface area contributed by atoms with Gasteiger partial charge in [0.05, 0.1) is 0 Å². The highest BCUT2D eigenvalue weighted by molar-refractivity contribution is 5.75. The number of ketones is 1. The maximum atomic E-state index is 11.2. The molecule has 0 aromatic rings. The summed E-state index contributed by atoms with van der Waals surface area (Å²) in [4.78, 5) is 11.2. The zero-order valence-corrected chi connectivity index (χ0v) is 10.8. The van der Waals surface area contributed by atoms with Crippen LogP contribution in [0.2, 0.25) is 0 Å². The van der Waals surface area contributed by atoms with E-state index in [1.165, 1.54) is 18.4 Å². The first-order valence-electron chi connectivity index (χ1n) is 6.00. The molecule has 0 aliphatic heterocycles. The van der Waals surface area contributed by atoms with Gasteiger partial charge in [-0.05, 0) is 43.9 Å². The van der Waals surface area contributed by atoms with E-state index in [-0.39, 0.29) is 0 Å². The highest BCUT2D eigenvalue weighted by Gasteiger charge is 2.36. The summed E-state index contributed by atoms with van der Waals surface area (Å²) in [5, 5.41) is 0. The molecule has 86 valence electrons. The molecule has 1 rings (SSSR count). The fourth-order valence-corrected chi connectivity index (χ4v) is 3.36. The summed E-state index contributed by atoms with van der Waals surface area (Å²) in [5.74, 6) is 1.38. The van der Waals surface area contributed by atoms with Crippen LogP contribution in [0, 0.1) is 17.3 Å². The highest BCUT2D eigenvalue weighted by Crippen LogP contribution is 2.45. The van der Waals surface area contributed by atoms with Crippen LogP contribution in [0.15, 0.2) is 11.6 Å². The Balaban J connectivity index is 2.83. The first kappa shape index (κ1) is 12.5. The fraction of sp³-hybridized carbons (Fsp3) is 0.786. The number of carbonyl (C=O) groups is 1. The molecule has 1 aliphatic carbocycles. The summed E-state index contributed by atoms with van der Waals surface area (Å²) in [6, 6.07) is 0. The van der Waals surface area contributed by atoms with Crippen molar-refractivity contribution in [1.82, 2.24) is 0 Å². The van der Waals surface area contributed by atoms with Gasteiger partial charge < -0.3 is 4.79 Å². The first-order chi connectivity index (χ1) is 6.84. The molecular weight excluding hydrogens is 184 g/mol. The van der Waals surface area contributed by atoms with Crippen LogP contribution in [-0.4, -0.2) is 5.78 Å². The molecule has 1 heteroatoms. The van der Waals surface area contributed by atoms with E-state index >= 15 is 0 Å². The van der Waals surface area contributed by atoms with E-state index in [1.54, 1.807) is 6.92 Å². The summed E-state index contributed by atoms with van der Waals surface area (Å²) in [7, 11) is 0. The van der Waals surface area contributed by atoms with Gasteiger partial charge in [-0.3, -0.25) is 0 Å². The molecule has 0 aromatic heterocycles. The number of allylic oxidation sites excluding steroid dienone is 2. The van der Waals surface area contributed by atoms with Gasteiger partial charge in [0, 0.05) is 6.42 Å².